The molecule has 1 fully saturated rings. The van der Waals surface area contributed by atoms with Crippen molar-refractivity contribution in [3.63, 3.8) is 0 Å². The van der Waals surface area contributed by atoms with Gasteiger partial charge in [-0.15, -0.1) is 0 Å². The van der Waals surface area contributed by atoms with Gasteiger partial charge in [0.2, 0.25) is 5.91 Å². The quantitative estimate of drug-likeness (QED) is 0.686. The number of carbonyl (C=O) groups excluding carboxylic acids is 2. The van der Waals surface area contributed by atoms with E-state index in [1.807, 2.05) is 17.0 Å². The molecule has 0 bridgehead atoms. The summed E-state index contributed by atoms with van der Waals surface area (Å²) >= 11 is 6.38. The number of piperidine rings is 1. The first-order chi connectivity index (χ1) is 14.5. The summed E-state index contributed by atoms with van der Waals surface area (Å²) in [7, 11) is 0. The zero-order chi connectivity index (χ0) is 21.5. The first-order valence-corrected chi connectivity index (χ1v) is 11.0. The Morgan fingerprint density at radius 1 is 1.17 bits per heavy atom. The van der Waals surface area contributed by atoms with Crippen molar-refractivity contribution in [3.8, 4) is 0 Å². The molecule has 2 N–H and O–H groups in total. The molecule has 2 aromatic rings. The molecular weight excluding hydrogens is 398 g/mol. The molecule has 0 spiro atoms. The van der Waals surface area contributed by atoms with Crippen LogP contribution in [0.25, 0.3) is 0 Å². The Hall–Kier alpha value is -2.53. The highest BCUT2D eigenvalue weighted by Gasteiger charge is 2.25. The summed E-state index contributed by atoms with van der Waals surface area (Å²) in [4.78, 5) is 26.9. The molecule has 0 aromatic heterocycles. The highest BCUT2D eigenvalue weighted by molar-refractivity contribution is 6.34. The number of benzene rings is 2. The van der Waals surface area contributed by atoms with E-state index < -0.39 is 0 Å². The third-order valence-corrected chi connectivity index (χ3v) is 6.01. The lowest BCUT2D eigenvalue weighted by molar-refractivity contribution is -0.119. The molecule has 1 unspecified atom stereocenters. The van der Waals surface area contributed by atoms with Gasteiger partial charge in [0, 0.05) is 24.8 Å². The van der Waals surface area contributed by atoms with Crippen molar-refractivity contribution in [2.24, 2.45) is 0 Å². The van der Waals surface area contributed by atoms with Gasteiger partial charge in [-0.3, -0.25) is 9.59 Å². The van der Waals surface area contributed by atoms with Crippen LogP contribution in [0.5, 0.6) is 0 Å². The third-order valence-electron chi connectivity index (χ3n) is 5.69. The van der Waals surface area contributed by atoms with Gasteiger partial charge in [0.15, 0.2) is 0 Å². The van der Waals surface area contributed by atoms with Crippen LogP contribution in [0.4, 0.5) is 5.69 Å². The summed E-state index contributed by atoms with van der Waals surface area (Å²) < 4.78 is 0. The molecule has 5 nitrogen and oxygen atoms in total. The molecule has 1 heterocycles. The number of nitrogens with zero attached hydrogens (tertiary/aromatic N) is 1. The predicted octanol–water partition coefficient (Wildman–Crippen LogP) is 4.43. The standard InChI is InChI=1S/C24H30ClN3O2/c1-17-7-3-4-9-19(17)12-13-26-23(29)16-27-20-10-11-21(22(25)15-20)24(30)28-14-6-5-8-18(28)2/h3-4,7,9-11,15,18,27H,5-6,8,12-14,16H2,1-2H3,(H,26,29). The van der Waals surface area contributed by atoms with Crippen LogP contribution in [0.3, 0.4) is 0 Å². The summed E-state index contributed by atoms with van der Waals surface area (Å²) in [6.07, 6.45) is 4.03. The number of rotatable bonds is 7. The smallest absolute Gasteiger partial charge is 0.255 e. The van der Waals surface area contributed by atoms with Crippen LogP contribution in [-0.2, 0) is 11.2 Å². The Balaban J connectivity index is 1.48. The Labute approximate surface area is 183 Å². The maximum atomic E-state index is 12.8. The van der Waals surface area contributed by atoms with Gasteiger partial charge in [-0.2, -0.15) is 0 Å². The van der Waals surface area contributed by atoms with Crippen LogP contribution in [0.1, 0.15) is 47.7 Å². The number of likely N-dealkylation sites (tertiary alicyclic amines) is 1. The van der Waals surface area contributed by atoms with Crippen molar-refractivity contribution in [1.82, 2.24) is 10.2 Å². The molecular formula is C24H30ClN3O2. The maximum Gasteiger partial charge on any atom is 0.255 e. The Morgan fingerprint density at radius 2 is 1.97 bits per heavy atom. The summed E-state index contributed by atoms with van der Waals surface area (Å²) in [6.45, 7) is 5.68. The SMILES string of the molecule is Cc1ccccc1CCNC(=O)CNc1ccc(C(=O)N2CCCCC2C)c(Cl)c1. The van der Waals surface area contributed by atoms with Gasteiger partial charge < -0.3 is 15.5 Å². The van der Waals surface area contributed by atoms with E-state index >= 15 is 0 Å². The Bertz CT molecular complexity index is 900. The van der Waals surface area contributed by atoms with Crippen molar-refractivity contribution in [3.05, 3.63) is 64.2 Å². The average molecular weight is 428 g/mol. The molecule has 1 saturated heterocycles. The summed E-state index contributed by atoms with van der Waals surface area (Å²) in [6, 6.07) is 13.7. The summed E-state index contributed by atoms with van der Waals surface area (Å²) in [5.74, 6) is -0.102. The van der Waals surface area contributed by atoms with Crippen LogP contribution in [-0.4, -0.2) is 42.4 Å². The number of nitrogens with one attached hydrogen (secondary N) is 2. The van der Waals surface area contributed by atoms with Crippen molar-refractivity contribution >= 4 is 29.1 Å². The minimum Gasteiger partial charge on any atom is -0.376 e. The largest absolute Gasteiger partial charge is 0.376 e. The molecule has 1 aliphatic heterocycles. The predicted molar refractivity (Wildman–Crippen MR) is 122 cm³/mol. The zero-order valence-electron chi connectivity index (χ0n) is 17.7. The minimum absolute atomic E-state index is 0.0206. The van der Waals surface area contributed by atoms with Gasteiger partial charge in [0.25, 0.3) is 5.91 Å². The van der Waals surface area contributed by atoms with E-state index in [9.17, 15) is 9.59 Å². The fraction of sp³-hybridized carbons (Fsp3) is 0.417. The molecule has 6 heteroatoms. The average Bonchev–Trinajstić information content (AvgIpc) is 2.73. The van der Waals surface area contributed by atoms with E-state index in [1.165, 1.54) is 11.1 Å². The van der Waals surface area contributed by atoms with Crippen LogP contribution in [0, 0.1) is 6.92 Å². The number of carbonyl (C=O) groups is 2. The van der Waals surface area contributed by atoms with Crippen molar-refractivity contribution in [2.75, 3.05) is 25.0 Å². The lowest BCUT2D eigenvalue weighted by Gasteiger charge is -2.33. The Morgan fingerprint density at radius 3 is 2.70 bits per heavy atom. The van der Waals surface area contributed by atoms with E-state index in [1.54, 1.807) is 18.2 Å². The number of hydrogen-bond donors (Lipinski definition) is 2. The maximum absolute atomic E-state index is 12.8. The normalized spacial score (nSPS) is 16.2. The van der Waals surface area contributed by atoms with Crippen molar-refractivity contribution < 1.29 is 9.59 Å². The summed E-state index contributed by atoms with van der Waals surface area (Å²) in [5.41, 5.74) is 3.70. The topological polar surface area (TPSA) is 61.4 Å². The van der Waals surface area contributed by atoms with E-state index in [0.29, 0.717) is 17.1 Å². The van der Waals surface area contributed by atoms with Crippen LogP contribution < -0.4 is 10.6 Å². The lowest BCUT2D eigenvalue weighted by Crippen LogP contribution is -2.42. The lowest BCUT2D eigenvalue weighted by atomic mass is 10.0. The van der Waals surface area contributed by atoms with E-state index in [-0.39, 0.29) is 24.4 Å². The monoisotopic (exact) mass is 427 g/mol. The molecule has 160 valence electrons. The van der Waals surface area contributed by atoms with Gasteiger partial charge in [0.05, 0.1) is 17.1 Å². The van der Waals surface area contributed by atoms with Crippen molar-refractivity contribution in [1.29, 1.82) is 0 Å². The van der Waals surface area contributed by atoms with Crippen LogP contribution >= 0.6 is 11.6 Å². The third kappa shape index (κ3) is 5.76. The van der Waals surface area contributed by atoms with Gasteiger partial charge in [-0.25, -0.2) is 0 Å². The first-order valence-electron chi connectivity index (χ1n) is 10.6. The first kappa shape index (κ1) is 22.2. The van der Waals surface area contributed by atoms with Crippen molar-refractivity contribution in [2.45, 2.75) is 45.6 Å². The number of amides is 2. The number of hydrogen-bond acceptors (Lipinski definition) is 3. The summed E-state index contributed by atoms with van der Waals surface area (Å²) in [5, 5.41) is 6.41. The fourth-order valence-corrected chi connectivity index (χ4v) is 4.09. The van der Waals surface area contributed by atoms with E-state index in [4.69, 9.17) is 11.6 Å². The highest BCUT2D eigenvalue weighted by atomic mass is 35.5. The molecule has 0 radical (unpaired) electrons. The molecule has 3 rings (SSSR count). The van der Waals surface area contributed by atoms with Crippen LogP contribution in [0.15, 0.2) is 42.5 Å². The molecule has 1 aliphatic rings. The number of halogens is 1. The zero-order valence-corrected chi connectivity index (χ0v) is 18.5. The molecule has 0 saturated carbocycles. The second-order valence-electron chi connectivity index (χ2n) is 7.92. The molecule has 2 amide bonds. The highest BCUT2D eigenvalue weighted by Crippen LogP contribution is 2.25. The second-order valence-corrected chi connectivity index (χ2v) is 8.33. The molecule has 2 aromatic carbocycles. The van der Waals surface area contributed by atoms with Crippen LogP contribution in [0.2, 0.25) is 5.02 Å². The Kier molecular flexibility index (Phi) is 7.75. The molecule has 30 heavy (non-hydrogen) atoms. The molecule has 1 atom stereocenters. The second kappa shape index (κ2) is 10.5. The number of anilines is 1. The minimum atomic E-state index is -0.0815. The van der Waals surface area contributed by atoms with E-state index in [2.05, 4.69) is 36.6 Å². The van der Waals surface area contributed by atoms with Gasteiger partial charge in [-0.1, -0.05) is 35.9 Å². The molecule has 0 aliphatic carbocycles. The number of aryl methyl sites for hydroxylation is 1. The van der Waals surface area contributed by atoms with Gasteiger partial charge >= 0.3 is 0 Å². The fourth-order valence-electron chi connectivity index (χ4n) is 3.83. The van der Waals surface area contributed by atoms with Gasteiger partial charge in [-0.05, 0) is 68.9 Å². The van der Waals surface area contributed by atoms with E-state index in [0.717, 1.165) is 37.9 Å². The van der Waals surface area contributed by atoms with Gasteiger partial charge in [0.1, 0.15) is 0 Å².